The Morgan fingerprint density at radius 1 is 1.03 bits per heavy atom. The molecule has 2 amide bonds. The summed E-state index contributed by atoms with van der Waals surface area (Å²) in [5.74, 6) is -1.30. The topological polar surface area (TPSA) is 96.4 Å². The smallest absolute Gasteiger partial charge is 0.323 e. The van der Waals surface area contributed by atoms with Crippen LogP contribution in [0.25, 0.3) is 5.70 Å². The summed E-state index contributed by atoms with van der Waals surface area (Å²) in [6.45, 7) is 3.11. The third-order valence-electron chi connectivity index (χ3n) is 5.23. The number of carbonyl (C=O) groups is 3. The van der Waals surface area contributed by atoms with Gasteiger partial charge in [0, 0.05) is 17.3 Å². The minimum atomic E-state index is -1.16. The summed E-state index contributed by atoms with van der Waals surface area (Å²) in [6.07, 6.45) is 1.55. The molecule has 168 valence electrons. The van der Waals surface area contributed by atoms with Crippen molar-refractivity contribution in [1.29, 1.82) is 0 Å². The van der Waals surface area contributed by atoms with Gasteiger partial charge in [-0.1, -0.05) is 32.0 Å². The Balaban J connectivity index is 2.18. The van der Waals surface area contributed by atoms with Gasteiger partial charge in [-0.15, -0.1) is 0 Å². The molecule has 0 saturated heterocycles. The fourth-order valence-electron chi connectivity index (χ4n) is 3.72. The second-order valence-corrected chi connectivity index (χ2v) is 7.67. The lowest BCUT2D eigenvalue weighted by molar-refractivity contribution is -0.144. The number of hydrogen-bond donors (Lipinski definition) is 1. The van der Waals surface area contributed by atoms with Gasteiger partial charge in [0.25, 0.3) is 11.8 Å². The maximum atomic E-state index is 13.5. The molecule has 0 bridgehead atoms. The van der Waals surface area contributed by atoms with Crippen LogP contribution in [0.15, 0.2) is 54.7 Å². The van der Waals surface area contributed by atoms with Crippen molar-refractivity contribution in [2.75, 3.05) is 20.8 Å². The van der Waals surface area contributed by atoms with E-state index < -0.39 is 24.5 Å². The van der Waals surface area contributed by atoms with Gasteiger partial charge in [-0.05, 0) is 36.2 Å². The molecule has 32 heavy (non-hydrogen) atoms. The molecule has 3 rings (SSSR count). The van der Waals surface area contributed by atoms with E-state index in [0.717, 1.165) is 0 Å². The number of methoxy groups -OCH3 is 2. The monoisotopic (exact) mass is 438 g/mol. The van der Waals surface area contributed by atoms with Gasteiger partial charge in [0.2, 0.25) is 0 Å². The van der Waals surface area contributed by atoms with Crippen LogP contribution in [0.2, 0.25) is 0 Å². The normalized spacial score (nSPS) is 16.1. The van der Waals surface area contributed by atoms with E-state index in [1.807, 2.05) is 13.8 Å². The van der Waals surface area contributed by atoms with Gasteiger partial charge >= 0.3 is 5.97 Å². The number of carbonyl (C=O) groups excluding carboxylic acids is 2. The molecule has 0 radical (unpaired) electrons. The number of nitrogens with zero attached hydrogens (tertiary/aromatic N) is 2. The quantitative estimate of drug-likeness (QED) is 0.714. The Morgan fingerprint density at radius 3 is 2.25 bits per heavy atom. The highest BCUT2D eigenvalue weighted by atomic mass is 16.5. The molecule has 1 unspecified atom stereocenters. The second kappa shape index (κ2) is 9.55. The lowest BCUT2D eigenvalue weighted by Gasteiger charge is -2.40. The Labute approximate surface area is 186 Å². The molecule has 8 nitrogen and oxygen atoms in total. The van der Waals surface area contributed by atoms with Gasteiger partial charge in [-0.3, -0.25) is 19.3 Å². The molecular formula is C24H26N2O6. The van der Waals surface area contributed by atoms with Gasteiger partial charge < -0.3 is 19.5 Å². The first kappa shape index (κ1) is 22.9. The lowest BCUT2D eigenvalue weighted by atomic mass is 9.96. The van der Waals surface area contributed by atoms with E-state index in [0.29, 0.717) is 28.3 Å². The molecule has 0 aromatic heterocycles. The molecule has 0 fully saturated rings. The van der Waals surface area contributed by atoms with Crippen LogP contribution in [0.1, 0.15) is 29.8 Å². The van der Waals surface area contributed by atoms with E-state index in [1.54, 1.807) is 54.7 Å². The molecule has 0 aliphatic carbocycles. The molecule has 2 aromatic rings. The molecule has 1 aliphatic rings. The van der Waals surface area contributed by atoms with Crippen molar-refractivity contribution in [2.24, 2.45) is 5.92 Å². The summed E-state index contributed by atoms with van der Waals surface area (Å²) in [4.78, 5) is 41.0. The van der Waals surface area contributed by atoms with E-state index in [1.165, 1.54) is 24.0 Å². The van der Waals surface area contributed by atoms with Crippen LogP contribution < -0.4 is 9.47 Å². The summed E-state index contributed by atoms with van der Waals surface area (Å²) in [7, 11) is 2.99. The summed E-state index contributed by atoms with van der Waals surface area (Å²) in [5.41, 5.74) is 1.24. The number of rotatable bonds is 7. The van der Waals surface area contributed by atoms with Gasteiger partial charge in [0.1, 0.15) is 12.6 Å². The predicted octanol–water partition coefficient (Wildman–Crippen LogP) is 3.10. The fourth-order valence-corrected chi connectivity index (χ4v) is 3.72. The first-order chi connectivity index (χ1) is 15.3. The average molecular weight is 438 g/mol. The van der Waals surface area contributed by atoms with Crippen molar-refractivity contribution in [3.8, 4) is 11.5 Å². The van der Waals surface area contributed by atoms with Gasteiger partial charge in [0.15, 0.2) is 11.5 Å². The van der Waals surface area contributed by atoms with Crippen LogP contribution >= 0.6 is 0 Å². The minimum absolute atomic E-state index is 0.241. The first-order valence-electron chi connectivity index (χ1n) is 10.1. The van der Waals surface area contributed by atoms with E-state index >= 15 is 0 Å². The lowest BCUT2D eigenvalue weighted by Crippen LogP contribution is -2.55. The standard InChI is InChI=1S/C24H26N2O6/c1-15(2)22-24(30)25(14-21(27)28)18(17-10-11-19(31-3)20(12-17)32-4)13-26(22)23(29)16-8-6-5-7-9-16/h5-13,15,22H,14H2,1-4H3,(H,27,28). The van der Waals surface area contributed by atoms with Crippen LogP contribution in [0.5, 0.6) is 11.5 Å². The first-order valence-corrected chi connectivity index (χ1v) is 10.1. The van der Waals surface area contributed by atoms with E-state index in [2.05, 4.69) is 0 Å². The van der Waals surface area contributed by atoms with Gasteiger partial charge in [0.05, 0.1) is 19.9 Å². The average Bonchev–Trinajstić information content (AvgIpc) is 2.79. The molecule has 1 atom stereocenters. The molecule has 2 aromatic carbocycles. The van der Waals surface area contributed by atoms with Crippen molar-refractivity contribution >= 4 is 23.5 Å². The summed E-state index contributed by atoms with van der Waals surface area (Å²) in [5, 5.41) is 9.46. The molecular weight excluding hydrogens is 412 g/mol. The largest absolute Gasteiger partial charge is 0.493 e. The van der Waals surface area contributed by atoms with Crippen molar-refractivity contribution < 1.29 is 29.0 Å². The number of aliphatic carboxylic acids is 1. The Hall–Kier alpha value is -3.81. The maximum absolute atomic E-state index is 13.5. The number of carboxylic acid groups (broad SMARTS) is 1. The highest BCUT2D eigenvalue weighted by Gasteiger charge is 2.41. The van der Waals surface area contributed by atoms with E-state index in [-0.39, 0.29) is 11.8 Å². The van der Waals surface area contributed by atoms with Crippen molar-refractivity contribution in [3.63, 3.8) is 0 Å². The molecule has 1 heterocycles. The van der Waals surface area contributed by atoms with E-state index in [9.17, 15) is 19.5 Å². The highest BCUT2D eigenvalue weighted by molar-refractivity contribution is 6.03. The molecule has 0 spiro atoms. The summed E-state index contributed by atoms with van der Waals surface area (Å²) >= 11 is 0. The zero-order valence-electron chi connectivity index (χ0n) is 18.4. The zero-order valence-corrected chi connectivity index (χ0v) is 18.4. The van der Waals surface area contributed by atoms with Gasteiger partial charge in [-0.2, -0.15) is 0 Å². The Bertz CT molecular complexity index is 1050. The number of carboxylic acids is 1. The zero-order chi connectivity index (χ0) is 23.4. The SMILES string of the molecule is COc1ccc(C2=CN(C(=O)c3ccccc3)C(C(C)C)C(=O)N2CC(=O)O)cc1OC. The third-order valence-corrected chi connectivity index (χ3v) is 5.23. The summed E-state index contributed by atoms with van der Waals surface area (Å²) < 4.78 is 10.6. The number of hydrogen-bond acceptors (Lipinski definition) is 5. The molecule has 1 N–H and O–H groups in total. The highest BCUT2D eigenvalue weighted by Crippen LogP contribution is 2.35. The third kappa shape index (κ3) is 4.44. The number of ether oxygens (including phenoxy) is 2. The Kier molecular flexibility index (Phi) is 6.82. The van der Waals surface area contributed by atoms with Crippen molar-refractivity contribution in [2.45, 2.75) is 19.9 Å². The number of amides is 2. The second-order valence-electron chi connectivity index (χ2n) is 7.67. The van der Waals surface area contributed by atoms with Crippen LogP contribution in [0, 0.1) is 5.92 Å². The predicted molar refractivity (Wildman–Crippen MR) is 118 cm³/mol. The molecule has 0 saturated carbocycles. The maximum Gasteiger partial charge on any atom is 0.323 e. The van der Waals surface area contributed by atoms with Crippen LogP contribution in [0.3, 0.4) is 0 Å². The van der Waals surface area contributed by atoms with E-state index in [4.69, 9.17) is 9.47 Å². The van der Waals surface area contributed by atoms with Crippen LogP contribution in [-0.4, -0.2) is 59.5 Å². The van der Waals surface area contributed by atoms with Crippen LogP contribution in [0.4, 0.5) is 0 Å². The van der Waals surface area contributed by atoms with Crippen molar-refractivity contribution in [1.82, 2.24) is 9.80 Å². The van der Waals surface area contributed by atoms with Crippen molar-refractivity contribution in [3.05, 3.63) is 65.9 Å². The molecule has 1 aliphatic heterocycles. The number of benzene rings is 2. The molecule has 8 heteroatoms. The van der Waals surface area contributed by atoms with Gasteiger partial charge in [-0.25, -0.2) is 0 Å². The Morgan fingerprint density at radius 2 is 1.69 bits per heavy atom. The van der Waals surface area contributed by atoms with Crippen LogP contribution in [-0.2, 0) is 9.59 Å². The summed E-state index contributed by atoms with van der Waals surface area (Å²) in [6, 6.07) is 12.8. The minimum Gasteiger partial charge on any atom is -0.493 e. The fraction of sp³-hybridized carbons (Fsp3) is 0.292.